The van der Waals surface area contributed by atoms with Crippen molar-refractivity contribution in [1.29, 1.82) is 0 Å². The Bertz CT molecular complexity index is 760. The molecule has 0 saturated carbocycles. The minimum absolute atomic E-state index is 0.0388. The molecule has 0 aliphatic heterocycles. The quantitative estimate of drug-likeness (QED) is 0.875. The Kier molecular flexibility index (Phi) is 5.93. The molecule has 0 spiro atoms. The van der Waals surface area contributed by atoms with Crippen LogP contribution in [0.5, 0.6) is 0 Å². The maximum atomic E-state index is 12.2. The summed E-state index contributed by atoms with van der Waals surface area (Å²) in [6.45, 7) is 5.50. The fourth-order valence-corrected chi connectivity index (χ4v) is 2.27. The molecule has 0 unspecified atom stereocenters. The normalized spacial score (nSPS) is 10.5. The van der Waals surface area contributed by atoms with Gasteiger partial charge in [-0.15, -0.1) is 0 Å². The Morgan fingerprint density at radius 1 is 1.21 bits per heavy atom. The first kappa shape index (κ1) is 17.9. The predicted molar refractivity (Wildman–Crippen MR) is 95.0 cm³/mol. The Balaban J connectivity index is 2.10. The number of nitrogens with one attached hydrogen (secondary N) is 2. The number of amides is 2. The predicted octanol–water partition coefficient (Wildman–Crippen LogP) is 2.96. The van der Waals surface area contributed by atoms with Crippen molar-refractivity contribution in [3.63, 3.8) is 0 Å². The first-order valence-corrected chi connectivity index (χ1v) is 8.05. The smallest absolute Gasteiger partial charge is 0.251 e. The van der Waals surface area contributed by atoms with E-state index in [1.807, 2.05) is 32.9 Å². The first-order valence-electron chi connectivity index (χ1n) is 7.68. The molecule has 0 aliphatic carbocycles. The van der Waals surface area contributed by atoms with E-state index in [9.17, 15) is 9.59 Å². The van der Waals surface area contributed by atoms with E-state index in [-0.39, 0.29) is 24.4 Å². The molecule has 0 fully saturated rings. The van der Waals surface area contributed by atoms with Crippen molar-refractivity contribution in [2.75, 3.05) is 6.54 Å². The Morgan fingerprint density at radius 2 is 1.96 bits per heavy atom. The molecule has 2 amide bonds. The van der Waals surface area contributed by atoms with Gasteiger partial charge in [0.2, 0.25) is 5.91 Å². The number of nitrogens with zero attached hydrogens (tertiary/aromatic N) is 1. The number of benzene rings is 1. The lowest BCUT2D eigenvalue weighted by molar-refractivity contribution is -0.120. The maximum Gasteiger partial charge on any atom is 0.251 e. The largest absolute Gasteiger partial charge is 0.352 e. The van der Waals surface area contributed by atoms with E-state index < -0.39 is 0 Å². The molecule has 1 heterocycles. The topological polar surface area (TPSA) is 71.1 Å². The average molecular weight is 346 g/mol. The molecule has 2 N–H and O–H groups in total. The van der Waals surface area contributed by atoms with Gasteiger partial charge < -0.3 is 10.6 Å². The van der Waals surface area contributed by atoms with Gasteiger partial charge in [0.15, 0.2) is 0 Å². The molecule has 0 radical (unpaired) electrons. The number of halogens is 1. The van der Waals surface area contributed by atoms with Gasteiger partial charge in [0.1, 0.15) is 0 Å². The number of rotatable bonds is 5. The molecule has 5 nitrogen and oxygen atoms in total. The summed E-state index contributed by atoms with van der Waals surface area (Å²) in [6.07, 6.45) is 0. The van der Waals surface area contributed by atoms with Gasteiger partial charge in [-0.2, -0.15) is 0 Å². The van der Waals surface area contributed by atoms with E-state index in [1.54, 1.807) is 24.3 Å². The van der Waals surface area contributed by atoms with Crippen molar-refractivity contribution in [2.24, 2.45) is 0 Å². The monoisotopic (exact) mass is 345 g/mol. The van der Waals surface area contributed by atoms with Gasteiger partial charge in [0.25, 0.3) is 5.91 Å². The third-order valence-electron chi connectivity index (χ3n) is 3.30. The van der Waals surface area contributed by atoms with Crippen LogP contribution in [-0.2, 0) is 4.79 Å². The number of aryl methyl sites for hydroxylation is 1. The fourth-order valence-electron chi connectivity index (χ4n) is 2.16. The lowest BCUT2D eigenvalue weighted by Gasteiger charge is -2.10. The van der Waals surface area contributed by atoms with Gasteiger partial charge in [-0.25, -0.2) is 0 Å². The summed E-state index contributed by atoms with van der Waals surface area (Å²) in [5, 5.41) is 5.93. The maximum absolute atomic E-state index is 12.2. The number of carbonyl (C=O) groups is 2. The molecular formula is C18H20ClN3O2. The molecule has 1 aromatic heterocycles. The van der Waals surface area contributed by atoms with E-state index in [2.05, 4.69) is 15.6 Å². The van der Waals surface area contributed by atoms with Crippen LogP contribution in [0.2, 0.25) is 5.02 Å². The minimum atomic E-state index is -0.304. The Labute approximate surface area is 146 Å². The summed E-state index contributed by atoms with van der Waals surface area (Å²) in [5.41, 5.74) is 2.76. The summed E-state index contributed by atoms with van der Waals surface area (Å²) in [6, 6.07) is 10.7. The SMILES string of the molecule is Cc1nc(-c2cccc(C(=O)NCC(=O)NC(C)C)c2)ccc1Cl. The first-order chi connectivity index (χ1) is 11.4. The van der Waals surface area contributed by atoms with E-state index in [0.29, 0.717) is 10.6 Å². The van der Waals surface area contributed by atoms with Crippen LogP contribution in [0.3, 0.4) is 0 Å². The van der Waals surface area contributed by atoms with Crippen LogP contribution in [0.15, 0.2) is 36.4 Å². The fraction of sp³-hybridized carbons (Fsp3) is 0.278. The van der Waals surface area contributed by atoms with Gasteiger partial charge in [-0.05, 0) is 45.0 Å². The zero-order valence-electron chi connectivity index (χ0n) is 13.9. The molecule has 0 bridgehead atoms. The second kappa shape index (κ2) is 7.93. The molecule has 126 valence electrons. The highest BCUT2D eigenvalue weighted by Gasteiger charge is 2.10. The van der Waals surface area contributed by atoms with Crippen molar-refractivity contribution >= 4 is 23.4 Å². The number of pyridine rings is 1. The van der Waals surface area contributed by atoms with Gasteiger partial charge >= 0.3 is 0 Å². The van der Waals surface area contributed by atoms with Crippen LogP contribution in [0.4, 0.5) is 0 Å². The van der Waals surface area contributed by atoms with Gasteiger partial charge in [0, 0.05) is 17.2 Å². The highest BCUT2D eigenvalue weighted by molar-refractivity contribution is 6.31. The lowest BCUT2D eigenvalue weighted by Crippen LogP contribution is -2.39. The summed E-state index contributed by atoms with van der Waals surface area (Å²) in [4.78, 5) is 28.2. The summed E-state index contributed by atoms with van der Waals surface area (Å²) >= 11 is 5.99. The Hall–Kier alpha value is -2.40. The van der Waals surface area contributed by atoms with Crippen LogP contribution < -0.4 is 10.6 Å². The van der Waals surface area contributed by atoms with E-state index in [0.717, 1.165) is 17.0 Å². The van der Waals surface area contributed by atoms with Crippen molar-refractivity contribution in [1.82, 2.24) is 15.6 Å². The van der Waals surface area contributed by atoms with Gasteiger partial charge in [0.05, 0.1) is 23.0 Å². The van der Waals surface area contributed by atoms with Gasteiger partial charge in [-0.1, -0.05) is 23.7 Å². The number of aromatic nitrogens is 1. The third-order valence-corrected chi connectivity index (χ3v) is 3.70. The molecule has 0 saturated heterocycles. The highest BCUT2D eigenvalue weighted by Crippen LogP contribution is 2.22. The summed E-state index contributed by atoms with van der Waals surface area (Å²) < 4.78 is 0. The zero-order valence-corrected chi connectivity index (χ0v) is 14.6. The molecule has 0 aliphatic rings. The average Bonchev–Trinajstić information content (AvgIpc) is 2.54. The molecule has 1 aromatic carbocycles. The lowest BCUT2D eigenvalue weighted by atomic mass is 10.1. The van der Waals surface area contributed by atoms with Crippen LogP contribution in [0, 0.1) is 6.92 Å². The summed E-state index contributed by atoms with van der Waals surface area (Å²) in [5.74, 6) is -0.522. The summed E-state index contributed by atoms with van der Waals surface area (Å²) in [7, 11) is 0. The molecule has 0 atom stereocenters. The van der Waals surface area contributed by atoms with Crippen molar-refractivity contribution in [3.8, 4) is 11.3 Å². The van der Waals surface area contributed by atoms with Crippen LogP contribution in [-0.4, -0.2) is 29.4 Å². The number of hydrogen-bond acceptors (Lipinski definition) is 3. The second-order valence-electron chi connectivity index (χ2n) is 5.75. The van der Waals surface area contributed by atoms with Crippen molar-refractivity contribution in [2.45, 2.75) is 26.8 Å². The standard InChI is InChI=1S/C18H20ClN3O2/c1-11(2)21-17(23)10-20-18(24)14-6-4-5-13(9-14)16-8-7-15(19)12(3)22-16/h4-9,11H,10H2,1-3H3,(H,20,24)(H,21,23). The molecular weight excluding hydrogens is 326 g/mol. The van der Waals surface area contributed by atoms with Gasteiger partial charge in [-0.3, -0.25) is 14.6 Å². The van der Waals surface area contributed by atoms with Crippen LogP contribution >= 0.6 is 11.6 Å². The molecule has 2 rings (SSSR count). The van der Waals surface area contributed by atoms with E-state index in [4.69, 9.17) is 11.6 Å². The zero-order chi connectivity index (χ0) is 17.7. The second-order valence-corrected chi connectivity index (χ2v) is 6.16. The van der Waals surface area contributed by atoms with E-state index in [1.165, 1.54) is 0 Å². The van der Waals surface area contributed by atoms with E-state index >= 15 is 0 Å². The van der Waals surface area contributed by atoms with Crippen LogP contribution in [0.25, 0.3) is 11.3 Å². The third kappa shape index (κ3) is 4.80. The molecule has 6 heteroatoms. The van der Waals surface area contributed by atoms with Crippen LogP contribution in [0.1, 0.15) is 29.9 Å². The number of hydrogen-bond donors (Lipinski definition) is 2. The number of carbonyl (C=O) groups excluding carboxylic acids is 2. The highest BCUT2D eigenvalue weighted by atomic mass is 35.5. The molecule has 2 aromatic rings. The minimum Gasteiger partial charge on any atom is -0.352 e. The van der Waals surface area contributed by atoms with Crippen molar-refractivity contribution in [3.05, 3.63) is 52.7 Å². The molecule has 24 heavy (non-hydrogen) atoms. The Morgan fingerprint density at radius 3 is 2.62 bits per heavy atom. The van der Waals surface area contributed by atoms with Crippen molar-refractivity contribution < 1.29 is 9.59 Å².